The average molecular weight is 290 g/mol. The number of hydrogen-bond donors (Lipinski definition) is 1. The zero-order valence-electron chi connectivity index (χ0n) is 12.6. The van der Waals surface area contributed by atoms with Gasteiger partial charge in [-0.05, 0) is 37.0 Å². The fourth-order valence-electron chi connectivity index (χ4n) is 2.48. The van der Waals surface area contributed by atoms with E-state index >= 15 is 0 Å². The van der Waals surface area contributed by atoms with E-state index in [2.05, 4.69) is 5.32 Å². The van der Waals surface area contributed by atoms with Gasteiger partial charge >= 0.3 is 12.0 Å². The van der Waals surface area contributed by atoms with Gasteiger partial charge < -0.3 is 15.0 Å². The first-order chi connectivity index (χ1) is 10.1. The summed E-state index contributed by atoms with van der Waals surface area (Å²) in [4.78, 5) is 25.2. The van der Waals surface area contributed by atoms with Crippen molar-refractivity contribution in [2.45, 2.75) is 26.2 Å². The predicted octanol–water partition coefficient (Wildman–Crippen LogP) is 2.67. The molecule has 5 heteroatoms. The molecule has 21 heavy (non-hydrogen) atoms. The van der Waals surface area contributed by atoms with Crippen molar-refractivity contribution in [3.05, 3.63) is 29.8 Å². The second-order valence-corrected chi connectivity index (χ2v) is 5.45. The maximum atomic E-state index is 12.0. The Morgan fingerprint density at radius 1 is 1.24 bits per heavy atom. The van der Waals surface area contributed by atoms with E-state index in [9.17, 15) is 9.59 Å². The van der Waals surface area contributed by atoms with Crippen LogP contribution in [0.1, 0.15) is 25.3 Å². The van der Waals surface area contributed by atoms with Crippen LogP contribution in [0, 0.1) is 5.92 Å². The Kier molecular flexibility index (Phi) is 5.20. The topological polar surface area (TPSA) is 58.6 Å². The Balaban J connectivity index is 1.89. The van der Waals surface area contributed by atoms with E-state index in [1.165, 1.54) is 7.11 Å². The molecule has 0 saturated carbocycles. The lowest BCUT2D eigenvalue weighted by Crippen LogP contribution is -2.32. The molecule has 1 aromatic carbocycles. The lowest BCUT2D eigenvalue weighted by Gasteiger charge is -2.16. The minimum Gasteiger partial charge on any atom is -0.469 e. The summed E-state index contributed by atoms with van der Waals surface area (Å²) >= 11 is 0. The van der Waals surface area contributed by atoms with Gasteiger partial charge in [-0.1, -0.05) is 19.1 Å². The standard InChI is InChI=1S/C16H22N2O3/c1-12(15(19)21-2)11-13-5-7-14(8-6-13)17-16(20)18-9-3-4-10-18/h5-8,12H,3-4,9-11H2,1-2H3,(H,17,20)/t12-/m0/s1. The highest BCUT2D eigenvalue weighted by Gasteiger charge is 2.18. The minimum absolute atomic E-state index is 0.0387. The van der Waals surface area contributed by atoms with E-state index in [4.69, 9.17) is 4.74 Å². The summed E-state index contributed by atoms with van der Waals surface area (Å²) in [6.07, 6.45) is 2.79. The smallest absolute Gasteiger partial charge is 0.321 e. The van der Waals surface area contributed by atoms with Crippen LogP contribution in [0.5, 0.6) is 0 Å². The molecule has 0 spiro atoms. The second-order valence-electron chi connectivity index (χ2n) is 5.45. The summed E-state index contributed by atoms with van der Waals surface area (Å²) in [5.41, 5.74) is 1.83. The SMILES string of the molecule is COC(=O)[C@@H](C)Cc1ccc(NC(=O)N2CCCC2)cc1. The van der Waals surface area contributed by atoms with Gasteiger partial charge in [-0.3, -0.25) is 4.79 Å². The third-order valence-electron chi connectivity index (χ3n) is 3.74. The number of amides is 2. The second kappa shape index (κ2) is 7.11. The molecule has 0 aromatic heterocycles. The molecule has 1 atom stereocenters. The lowest BCUT2D eigenvalue weighted by atomic mass is 10.0. The average Bonchev–Trinajstić information content (AvgIpc) is 3.02. The zero-order valence-corrected chi connectivity index (χ0v) is 12.6. The summed E-state index contributed by atoms with van der Waals surface area (Å²) in [6, 6.07) is 7.56. The number of hydrogen-bond acceptors (Lipinski definition) is 3. The number of likely N-dealkylation sites (tertiary alicyclic amines) is 1. The van der Waals surface area contributed by atoms with E-state index in [0.717, 1.165) is 37.2 Å². The van der Waals surface area contributed by atoms with E-state index in [0.29, 0.717) is 6.42 Å². The predicted molar refractivity (Wildman–Crippen MR) is 81.2 cm³/mol. The van der Waals surface area contributed by atoms with Crippen LogP contribution < -0.4 is 5.32 Å². The van der Waals surface area contributed by atoms with Crippen molar-refractivity contribution in [2.75, 3.05) is 25.5 Å². The van der Waals surface area contributed by atoms with Crippen LogP contribution in [0.25, 0.3) is 0 Å². The van der Waals surface area contributed by atoms with Gasteiger partial charge in [-0.25, -0.2) is 4.79 Å². The first-order valence-electron chi connectivity index (χ1n) is 7.33. The van der Waals surface area contributed by atoms with Crippen LogP contribution in [0.4, 0.5) is 10.5 Å². The van der Waals surface area contributed by atoms with Crippen LogP contribution >= 0.6 is 0 Å². The summed E-state index contributed by atoms with van der Waals surface area (Å²) < 4.78 is 4.72. The van der Waals surface area contributed by atoms with E-state index in [-0.39, 0.29) is 17.9 Å². The molecule has 0 unspecified atom stereocenters. The number of nitrogens with zero attached hydrogens (tertiary/aromatic N) is 1. The van der Waals surface area contributed by atoms with Gasteiger partial charge in [0.05, 0.1) is 13.0 Å². The normalized spacial score (nSPS) is 15.6. The quantitative estimate of drug-likeness (QED) is 0.867. The third-order valence-corrected chi connectivity index (χ3v) is 3.74. The molecule has 5 nitrogen and oxygen atoms in total. The maximum absolute atomic E-state index is 12.0. The fraction of sp³-hybridized carbons (Fsp3) is 0.500. The first kappa shape index (κ1) is 15.4. The molecule has 0 bridgehead atoms. The van der Waals surface area contributed by atoms with E-state index < -0.39 is 0 Å². The largest absolute Gasteiger partial charge is 0.469 e. The van der Waals surface area contributed by atoms with E-state index in [1.807, 2.05) is 36.1 Å². The van der Waals surface area contributed by atoms with Gasteiger partial charge in [0.2, 0.25) is 0 Å². The first-order valence-corrected chi connectivity index (χ1v) is 7.33. The summed E-state index contributed by atoms with van der Waals surface area (Å²) in [7, 11) is 1.40. The van der Waals surface area contributed by atoms with Gasteiger partial charge in [0, 0.05) is 18.8 Å². The zero-order chi connectivity index (χ0) is 15.2. The van der Waals surface area contributed by atoms with E-state index in [1.54, 1.807) is 0 Å². The van der Waals surface area contributed by atoms with Crippen molar-refractivity contribution < 1.29 is 14.3 Å². The van der Waals surface area contributed by atoms with Crippen molar-refractivity contribution in [3.8, 4) is 0 Å². The van der Waals surface area contributed by atoms with Crippen LogP contribution in [-0.2, 0) is 16.0 Å². The van der Waals surface area contributed by atoms with Crippen molar-refractivity contribution in [1.82, 2.24) is 4.90 Å². The molecule has 1 N–H and O–H groups in total. The molecule has 1 heterocycles. The Hall–Kier alpha value is -2.04. The molecule has 1 aliphatic rings. The number of carbonyl (C=O) groups excluding carboxylic acids is 2. The van der Waals surface area contributed by atoms with Gasteiger partial charge in [0.1, 0.15) is 0 Å². The van der Waals surface area contributed by atoms with Crippen molar-refractivity contribution in [2.24, 2.45) is 5.92 Å². The van der Waals surface area contributed by atoms with Crippen LogP contribution in [-0.4, -0.2) is 37.1 Å². The highest BCUT2D eigenvalue weighted by molar-refractivity contribution is 5.89. The molecule has 0 radical (unpaired) electrons. The van der Waals surface area contributed by atoms with Gasteiger partial charge in [-0.15, -0.1) is 0 Å². The van der Waals surface area contributed by atoms with Gasteiger partial charge in [0.15, 0.2) is 0 Å². The number of rotatable bonds is 4. The number of benzene rings is 1. The number of carbonyl (C=O) groups is 2. The number of esters is 1. The molecule has 2 amide bonds. The number of methoxy groups -OCH3 is 1. The molecule has 2 rings (SSSR count). The monoisotopic (exact) mass is 290 g/mol. The number of urea groups is 1. The minimum atomic E-state index is -0.207. The molecular formula is C16H22N2O3. The Morgan fingerprint density at radius 3 is 2.43 bits per heavy atom. The van der Waals surface area contributed by atoms with Crippen molar-refractivity contribution in [3.63, 3.8) is 0 Å². The molecule has 1 aliphatic heterocycles. The number of anilines is 1. The lowest BCUT2D eigenvalue weighted by molar-refractivity contribution is -0.144. The summed E-state index contributed by atoms with van der Waals surface area (Å²) in [5, 5.41) is 2.89. The van der Waals surface area contributed by atoms with Crippen molar-refractivity contribution in [1.29, 1.82) is 0 Å². The maximum Gasteiger partial charge on any atom is 0.321 e. The Morgan fingerprint density at radius 2 is 1.86 bits per heavy atom. The molecule has 1 aromatic rings. The molecule has 0 aliphatic carbocycles. The highest BCUT2D eigenvalue weighted by atomic mass is 16.5. The molecular weight excluding hydrogens is 268 g/mol. The Bertz CT molecular complexity index is 493. The summed E-state index contributed by atoms with van der Waals surface area (Å²) in [5.74, 6) is -0.374. The molecule has 114 valence electrons. The molecule has 1 saturated heterocycles. The van der Waals surface area contributed by atoms with Crippen LogP contribution in [0.3, 0.4) is 0 Å². The van der Waals surface area contributed by atoms with Gasteiger partial charge in [-0.2, -0.15) is 0 Å². The third kappa shape index (κ3) is 4.21. The highest BCUT2D eigenvalue weighted by Crippen LogP contribution is 2.16. The van der Waals surface area contributed by atoms with Crippen LogP contribution in [0.2, 0.25) is 0 Å². The van der Waals surface area contributed by atoms with Crippen molar-refractivity contribution >= 4 is 17.7 Å². The molecule has 1 fully saturated rings. The fourth-order valence-corrected chi connectivity index (χ4v) is 2.48. The Labute approximate surface area is 125 Å². The van der Waals surface area contributed by atoms with Crippen LogP contribution in [0.15, 0.2) is 24.3 Å². The number of ether oxygens (including phenoxy) is 1. The van der Waals surface area contributed by atoms with Gasteiger partial charge in [0.25, 0.3) is 0 Å². The number of nitrogens with one attached hydrogen (secondary N) is 1. The summed E-state index contributed by atoms with van der Waals surface area (Å²) in [6.45, 7) is 3.51.